The minimum absolute atomic E-state index is 0.355. The van der Waals surface area contributed by atoms with Crippen LogP contribution in [0.25, 0.3) is 6.08 Å². The standard InChI is InChI=1S/C14H15NO3/c1-2-17-14(16)9-6-12-4-7-13(8-5-12)18-11-3-10-15/h4-9H,2-3,11H2,1H3. The number of hydrogen-bond donors (Lipinski definition) is 0. The van der Waals surface area contributed by atoms with E-state index >= 15 is 0 Å². The quantitative estimate of drug-likeness (QED) is 0.439. The second-order valence-corrected chi connectivity index (χ2v) is 3.41. The van der Waals surface area contributed by atoms with Gasteiger partial charge in [-0.15, -0.1) is 0 Å². The Morgan fingerprint density at radius 2 is 2.11 bits per heavy atom. The molecule has 4 nitrogen and oxygen atoms in total. The Balaban J connectivity index is 2.50. The van der Waals surface area contributed by atoms with Crippen molar-refractivity contribution >= 4 is 12.0 Å². The lowest BCUT2D eigenvalue weighted by Crippen LogP contribution is -1.98. The minimum Gasteiger partial charge on any atom is -0.493 e. The first-order valence-electron chi connectivity index (χ1n) is 5.71. The predicted molar refractivity (Wildman–Crippen MR) is 67.8 cm³/mol. The van der Waals surface area contributed by atoms with Gasteiger partial charge < -0.3 is 9.47 Å². The molecule has 0 aliphatic rings. The molecule has 1 aromatic carbocycles. The van der Waals surface area contributed by atoms with Gasteiger partial charge in [-0.05, 0) is 30.7 Å². The summed E-state index contributed by atoms with van der Waals surface area (Å²) < 4.78 is 10.1. The summed E-state index contributed by atoms with van der Waals surface area (Å²) in [6.45, 7) is 2.52. The highest BCUT2D eigenvalue weighted by Gasteiger charge is 1.95. The number of hydrogen-bond acceptors (Lipinski definition) is 4. The first-order chi connectivity index (χ1) is 8.76. The molecule has 4 heteroatoms. The number of carbonyl (C=O) groups is 1. The summed E-state index contributed by atoms with van der Waals surface area (Å²) >= 11 is 0. The molecule has 0 N–H and O–H groups in total. The van der Waals surface area contributed by atoms with Gasteiger partial charge in [-0.3, -0.25) is 0 Å². The Bertz CT molecular complexity index is 443. The lowest BCUT2D eigenvalue weighted by atomic mass is 10.2. The molecular weight excluding hydrogens is 230 g/mol. The van der Waals surface area contributed by atoms with Crippen molar-refractivity contribution in [1.29, 1.82) is 5.26 Å². The SMILES string of the molecule is CCOC(=O)C=Cc1ccc(OCCC#N)cc1. The van der Waals surface area contributed by atoms with Crippen molar-refractivity contribution in [2.24, 2.45) is 0 Å². The van der Waals surface area contributed by atoms with E-state index in [-0.39, 0.29) is 5.97 Å². The average molecular weight is 245 g/mol. The van der Waals surface area contributed by atoms with Gasteiger partial charge >= 0.3 is 5.97 Å². The highest BCUT2D eigenvalue weighted by Crippen LogP contribution is 2.13. The van der Waals surface area contributed by atoms with Crippen molar-refractivity contribution in [1.82, 2.24) is 0 Å². The smallest absolute Gasteiger partial charge is 0.330 e. The van der Waals surface area contributed by atoms with Crippen molar-refractivity contribution < 1.29 is 14.3 Å². The number of ether oxygens (including phenoxy) is 2. The molecule has 0 aromatic heterocycles. The Labute approximate surface area is 106 Å². The van der Waals surface area contributed by atoms with Gasteiger partial charge in [-0.1, -0.05) is 12.1 Å². The molecule has 0 saturated heterocycles. The molecule has 0 bridgehead atoms. The topological polar surface area (TPSA) is 59.3 Å². The normalized spacial score (nSPS) is 10.0. The van der Waals surface area contributed by atoms with Crippen LogP contribution in [-0.2, 0) is 9.53 Å². The Morgan fingerprint density at radius 3 is 2.72 bits per heavy atom. The molecule has 0 heterocycles. The van der Waals surface area contributed by atoms with E-state index in [1.165, 1.54) is 6.08 Å². The molecule has 94 valence electrons. The van der Waals surface area contributed by atoms with Crippen molar-refractivity contribution in [3.63, 3.8) is 0 Å². The number of benzene rings is 1. The zero-order chi connectivity index (χ0) is 13.2. The second-order valence-electron chi connectivity index (χ2n) is 3.41. The van der Waals surface area contributed by atoms with E-state index in [1.54, 1.807) is 25.1 Å². The molecule has 18 heavy (non-hydrogen) atoms. The molecule has 0 amide bonds. The number of rotatable bonds is 6. The van der Waals surface area contributed by atoms with Gasteiger partial charge in [0, 0.05) is 6.08 Å². The summed E-state index contributed by atoms with van der Waals surface area (Å²) in [5.41, 5.74) is 0.885. The van der Waals surface area contributed by atoms with Crippen LogP contribution in [0.1, 0.15) is 18.9 Å². The van der Waals surface area contributed by atoms with Gasteiger partial charge in [0.25, 0.3) is 0 Å². The van der Waals surface area contributed by atoms with Gasteiger partial charge in [0.1, 0.15) is 12.4 Å². The summed E-state index contributed by atoms with van der Waals surface area (Å²) in [5, 5.41) is 8.37. The summed E-state index contributed by atoms with van der Waals surface area (Å²) in [6, 6.07) is 9.26. The van der Waals surface area contributed by atoms with Crippen molar-refractivity contribution in [2.45, 2.75) is 13.3 Å². The summed E-state index contributed by atoms with van der Waals surface area (Å²) in [4.78, 5) is 11.1. The molecule has 0 saturated carbocycles. The van der Waals surface area contributed by atoms with Crippen LogP contribution in [-0.4, -0.2) is 19.2 Å². The van der Waals surface area contributed by atoms with E-state index in [4.69, 9.17) is 14.7 Å². The second kappa shape index (κ2) is 7.91. The van der Waals surface area contributed by atoms with Crippen molar-refractivity contribution in [3.8, 4) is 11.8 Å². The van der Waals surface area contributed by atoms with E-state index in [2.05, 4.69) is 0 Å². The third-order valence-corrected chi connectivity index (χ3v) is 2.06. The number of nitrogens with zero attached hydrogens (tertiary/aromatic N) is 1. The molecule has 0 aliphatic heterocycles. The van der Waals surface area contributed by atoms with Gasteiger partial charge in [0.05, 0.1) is 19.1 Å². The molecule has 0 aliphatic carbocycles. The summed E-state index contributed by atoms with van der Waals surface area (Å²) in [7, 11) is 0. The van der Waals surface area contributed by atoms with Gasteiger partial charge in [-0.2, -0.15) is 5.26 Å². The Hall–Kier alpha value is -2.28. The van der Waals surface area contributed by atoms with E-state index in [9.17, 15) is 4.79 Å². The molecule has 1 aromatic rings. The third kappa shape index (κ3) is 5.17. The number of carbonyl (C=O) groups excluding carboxylic acids is 1. The average Bonchev–Trinajstić information content (AvgIpc) is 2.38. The lowest BCUT2D eigenvalue weighted by molar-refractivity contribution is -0.137. The zero-order valence-corrected chi connectivity index (χ0v) is 10.3. The first kappa shape index (κ1) is 13.8. The van der Waals surface area contributed by atoms with Crippen LogP contribution in [0.4, 0.5) is 0 Å². The monoisotopic (exact) mass is 245 g/mol. The van der Waals surface area contributed by atoms with Crippen LogP contribution in [0.2, 0.25) is 0 Å². The minimum atomic E-state index is -0.355. The van der Waals surface area contributed by atoms with Gasteiger partial charge in [-0.25, -0.2) is 4.79 Å². The lowest BCUT2D eigenvalue weighted by Gasteiger charge is -2.03. The molecule has 1 rings (SSSR count). The fraction of sp³-hybridized carbons (Fsp3) is 0.286. The van der Waals surface area contributed by atoms with Crippen LogP contribution in [0.3, 0.4) is 0 Å². The largest absolute Gasteiger partial charge is 0.493 e. The molecular formula is C14H15NO3. The van der Waals surface area contributed by atoms with E-state index in [1.807, 2.05) is 18.2 Å². The highest BCUT2D eigenvalue weighted by molar-refractivity contribution is 5.87. The van der Waals surface area contributed by atoms with E-state index in [0.717, 1.165) is 5.56 Å². The predicted octanol–water partition coefficient (Wildman–Crippen LogP) is 2.56. The molecule has 0 radical (unpaired) electrons. The molecule has 0 spiro atoms. The van der Waals surface area contributed by atoms with Crippen molar-refractivity contribution in [3.05, 3.63) is 35.9 Å². The van der Waals surface area contributed by atoms with Crippen molar-refractivity contribution in [2.75, 3.05) is 13.2 Å². The fourth-order valence-corrected chi connectivity index (χ4v) is 1.24. The fourth-order valence-electron chi connectivity index (χ4n) is 1.24. The Kier molecular flexibility index (Phi) is 6.05. The maximum atomic E-state index is 11.1. The highest BCUT2D eigenvalue weighted by atomic mass is 16.5. The summed E-state index contributed by atoms with van der Waals surface area (Å²) in [6.07, 6.45) is 3.43. The van der Waals surface area contributed by atoms with Crippen LogP contribution >= 0.6 is 0 Å². The zero-order valence-electron chi connectivity index (χ0n) is 10.3. The Morgan fingerprint density at radius 1 is 1.39 bits per heavy atom. The molecule has 0 fully saturated rings. The number of esters is 1. The van der Waals surface area contributed by atoms with Crippen LogP contribution < -0.4 is 4.74 Å². The van der Waals surface area contributed by atoms with Gasteiger partial charge in [0.15, 0.2) is 0 Å². The van der Waals surface area contributed by atoms with Gasteiger partial charge in [0.2, 0.25) is 0 Å². The van der Waals surface area contributed by atoms with Crippen LogP contribution in [0, 0.1) is 11.3 Å². The summed E-state index contributed by atoms with van der Waals surface area (Å²) in [5.74, 6) is 0.352. The maximum Gasteiger partial charge on any atom is 0.330 e. The number of nitriles is 1. The molecule has 0 atom stereocenters. The van der Waals surface area contributed by atoms with Crippen LogP contribution in [0.15, 0.2) is 30.3 Å². The first-order valence-corrected chi connectivity index (χ1v) is 5.71. The molecule has 0 unspecified atom stereocenters. The third-order valence-electron chi connectivity index (χ3n) is 2.06. The van der Waals surface area contributed by atoms with E-state index in [0.29, 0.717) is 25.4 Å². The van der Waals surface area contributed by atoms with Crippen LogP contribution in [0.5, 0.6) is 5.75 Å². The van der Waals surface area contributed by atoms with E-state index < -0.39 is 0 Å². The maximum absolute atomic E-state index is 11.1.